The molecule has 1 aromatic heterocycles. The van der Waals surface area contributed by atoms with Gasteiger partial charge >= 0.3 is 0 Å². The fraction of sp³-hybridized carbons (Fsp3) is 0.292. The van der Waals surface area contributed by atoms with Crippen molar-refractivity contribution < 1.29 is 22.0 Å². The third-order valence-corrected chi connectivity index (χ3v) is 7.37. The first-order chi connectivity index (χ1) is 15.6. The van der Waals surface area contributed by atoms with E-state index in [-0.39, 0.29) is 23.2 Å². The highest BCUT2D eigenvalue weighted by Gasteiger charge is 2.29. The normalized spacial score (nSPS) is 12.5. The fourth-order valence-corrected chi connectivity index (χ4v) is 5.10. The summed E-state index contributed by atoms with van der Waals surface area (Å²) < 4.78 is 46.8. The molecular weight excluding hydrogens is 445 g/mol. The van der Waals surface area contributed by atoms with E-state index in [0.717, 1.165) is 17.8 Å². The molecule has 0 unspecified atom stereocenters. The number of nitrogens with one attached hydrogen (secondary N) is 1. The summed E-state index contributed by atoms with van der Waals surface area (Å²) in [5.74, 6) is -0.728. The van der Waals surface area contributed by atoms with E-state index in [1.54, 1.807) is 24.3 Å². The van der Waals surface area contributed by atoms with Gasteiger partial charge in [-0.15, -0.1) is 0 Å². The molecule has 7 nitrogen and oxygen atoms in total. The number of rotatable bonds is 9. The highest BCUT2D eigenvalue weighted by Crippen LogP contribution is 2.29. The number of halogens is 1. The fourth-order valence-electron chi connectivity index (χ4n) is 3.42. The van der Waals surface area contributed by atoms with Gasteiger partial charge in [0.25, 0.3) is 5.91 Å². The van der Waals surface area contributed by atoms with Gasteiger partial charge in [-0.3, -0.25) is 4.79 Å². The van der Waals surface area contributed by atoms with Crippen molar-refractivity contribution in [2.45, 2.75) is 37.8 Å². The van der Waals surface area contributed by atoms with E-state index in [9.17, 15) is 17.6 Å². The summed E-state index contributed by atoms with van der Waals surface area (Å²) in [6.45, 7) is 3.82. The summed E-state index contributed by atoms with van der Waals surface area (Å²) in [6, 6.07) is 13.0. The van der Waals surface area contributed by atoms with Crippen molar-refractivity contribution in [2.75, 3.05) is 24.3 Å². The Morgan fingerprint density at radius 3 is 2.39 bits per heavy atom. The second-order valence-corrected chi connectivity index (χ2v) is 9.82. The summed E-state index contributed by atoms with van der Waals surface area (Å²) in [5, 5.41) is 2.78. The predicted octanol–water partition coefficient (Wildman–Crippen LogP) is 4.73. The Morgan fingerprint density at radius 1 is 1.12 bits per heavy atom. The molecule has 0 radical (unpaired) electrons. The van der Waals surface area contributed by atoms with E-state index in [0.29, 0.717) is 17.7 Å². The Labute approximate surface area is 193 Å². The number of benzene rings is 2. The zero-order valence-corrected chi connectivity index (χ0v) is 19.9. The first-order valence-electron chi connectivity index (χ1n) is 10.6. The number of hydrogen-bond acceptors (Lipinski definition) is 5. The van der Waals surface area contributed by atoms with Crippen LogP contribution in [0.1, 0.15) is 36.4 Å². The van der Waals surface area contributed by atoms with E-state index in [1.807, 2.05) is 38.9 Å². The SMILES string of the molecule is CC[C@@H](C)N(Cc1cc(NC(=O)c2ccco2)ccc1N(C)C)S(=O)(=O)c1ccc(F)cc1. The van der Waals surface area contributed by atoms with Crippen LogP contribution in [0.15, 0.2) is 70.2 Å². The zero-order valence-electron chi connectivity index (χ0n) is 19.1. The lowest BCUT2D eigenvalue weighted by Crippen LogP contribution is -2.38. The van der Waals surface area contributed by atoms with Gasteiger partial charge in [-0.05, 0) is 73.5 Å². The second-order valence-electron chi connectivity index (χ2n) is 7.93. The molecule has 1 heterocycles. The van der Waals surface area contributed by atoms with Crippen LogP contribution in [0.25, 0.3) is 0 Å². The van der Waals surface area contributed by atoms with E-state index in [2.05, 4.69) is 5.32 Å². The molecular formula is C24H28FN3O4S. The lowest BCUT2D eigenvalue weighted by molar-refractivity contribution is 0.0996. The Morgan fingerprint density at radius 2 is 1.82 bits per heavy atom. The molecule has 1 N–H and O–H groups in total. The smallest absolute Gasteiger partial charge is 0.291 e. The second kappa shape index (κ2) is 10.2. The molecule has 33 heavy (non-hydrogen) atoms. The molecule has 0 bridgehead atoms. The van der Waals surface area contributed by atoms with Gasteiger partial charge in [-0.2, -0.15) is 4.31 Å². The van der Waals surface area contributed by atoms with Gasteiger partial charge in [0.2, 0.25) is 10.0 Å². The largest absolute Gasteiger partial charge is 0.459 e. The van der Waals surface area contributed by atoms with Gasteiger partial charge in [0.1, 0.15) is 5.82 Å². The van der Waals surface area contributed by atoms with Crippen molar-refractivity contribution in [3.63, 3.8) is 0 Å². The number of furan rings is 1. The van der Waals surface area contributed by atoms with Crippen LogP contribution in [0.4, 0.5) is 15.8 Å². The van der Waals surface area contributed by atoms with Crippen molar-refractivity contribution in [3.05, 3.63) is 78.0 Å². The van der Waals surface area contributed by atoms with Gasteiger partial charge in [0.05, 0.1) is 11.2 Å². The number of sulfonamides is 1. The van der Waals surface area contributed by atoms with Crippen molar-refractivity contribution in [2.24, 2.45) is 0 Å². The number of hydrogen-bond donors (Lipinski definition) is 1. The van der Waals surface area contributed by atoms with Crippen LogP contribution in [0.2, 0.25) is 0 Å². The van der Waals surface area contributed by atoms with Crippen LogP contribution in [0, 0.1) is 5.82 Å². The third-order valence-electron chi connectivity index (χ3n) is 5.39. The van der Waals surface area contributed by atoms with E-state index in [4.69, 9.17) is 4.42 Å². The number of carbonyl (C=O) groups is 1. The number of amides is 1. The van der Waals surface area contributed by atoms with Crippen molar-refractivity contribution in [3.8, 4) is 0 Å². The van der Waals surface area contributed by atoms with Gasteiger partial charge in [-0.1, -0.05) is 6.92 Å². The minimum atomic E-state index is -3.90. The molecule has 0 aliphatic carbocycles. The van der Waals surface area contributed by atoms with E-state index in [1.165, 1.54) is 22.7 Å². The summed E-state index contributed by atoms with van der Waals surface area (Å²) in [5.41, 5.74) is 2.04. The van der Waals surface area contributed by atoms with E-state index >= 15 is 0 Å². The van der Waals surface area contributed by atoms with Crippen molar-refractivity contribution in [1.82, 2.24) is 4.31 Å². The van der Waals surface area contributed by atoms with Gasteiger partial charge < -0.3 is 14.6 Å². The summed E-state index contributed by atoms with van der Waals surface area (Å²) >= 11 is 0. The average molecular weight is 474 g/mol. The molecule has 0 saturated carbocycles. The van der Waals surface area contributed by atoms with Crippen LogP contribution in [-0.4, -0.2) is 38.8 Å². The standard InChI is InChI=1S/C24H28FN3O4S/c1-5-17(2)28(33(30,31)21-11-8-19(25)9-12-21)16-18-15-20(10-13-22(18)27(3)4)26-24(29)23-7-6-14-32-23/h6-15,17H,5,16H2,1-4H3,(H,26,29)/t17-/m1/s1. The number of nitrogens with zero attached hydrogens (tertiary/aromatic N) is 2. The molecule has 9 heteroatoms. The maximum absolute atomic E-state index is 13.5. The van der Waals surface area contributed by atoms with Gasteiger partial charge in [0, 0.05) is 38.1 Å². The van der Waals surface area contributed by atoms with Crippen molar-refractivity contribution >= 4 is 27.3 Å². The zero-order chi connectivity index (χ0) is 24.2. The molecule has 1 atom stereocenters. The van der Waals surface area contributed by atoms with Crippen LogP contribution in [-0.2, 0) is 16.6 Å². The summed E-state index contributed by atoms with van der Waals surface area (Å²) in [6.07, 6.45) is 2.01. The lowest BCUT2D eigenvalue weighted by Gasteiger charge is -2.30. The Kier molecular flexibility index (Phi) is 7.55. The summed E-state index contributed by atoms with van der Waals surface area (Å²) in [7, 11) is -0.169. The quantitative estimate of drug-likeness (QED) is 0.486. The molecule has 0 aliphatic rings. The van der Waals surface area contributed by atoms with Gasteiger partial charge in [0.15, 0.2) is 5.76 Å². The topological polar surface area (TPSA) is 82.9 Å². The molecule has 3 rings (SSSR count). The summed E-state index contributed by atoms with van der Waals surface area (Å²) in [4.78, 5) is 14.3. The minimum absolute atomic E-state index is 0.0258. The molecule has 0 saturated heterocycles. The minimum Gasteiger partial charge on any atom is -0.459 e. The Hall–Kier alpha value is -3.17. The molecule has 0 aliphatic heterocycles. The molecule has 2 aromatic carbocycles. The maximum Gasteiger partial charge on any atom is 0.291 e. The molecule has 176 valence electrons. The predicted molar refractivity (Wildman–Crippen MR) is 126 cm³/mol. The van der Waals surface area contributed by atoms with Crippen molar-refractivity contribution in [1.29, 1.82) is 0 Å². The average Bonchev–Trinajstić information content (AvgIpc) is 3.32. The Bertz CT molecular complexity index is 1190. The Balaban J connectivity index is 1.98. The van der Waals surface area contributed by atoms with Gasteiger partial charge in [-0.25, -0.2) is 12.8 Å². The maximum atomic E-state index is 13.5. The first kappa shape index (κ1) is 24.5. The number of carbonyl (C=O) groups excluding carboxylic acids is 1. The molecule has 1 amide bonds. The first-order valence-corrected chi connectivity index (χ1v) is 12.0. The lowest BCUT2D eigenvalue weighted by atomic mass is 10.1. The highest BCUT2D eigenvalue weighted by molar-refractivity contribution is 7.89. The number of anilines is 2. The highest BCUT2D eigenvalue weighted by atomic mass is 32.2. The van der Waals surface area contributed by atoms with E-state index < -0.39 is 21.7 Å². The monoisotopic (exact) mass is 473 g/mol. The van der Waals surface area contributed by atoms with Crippen LogP contribution in [0.3, 0.4) is 0 Å². The van der Waals surface area contributed by atoms with Crippen LogP contribution in [0.5, 0.6) is 0 Å². The third kappa shape index (κ3) is 5.61. The molecule has 0 spiro atoms. The van der Waals surface area contributed by atoms with Crippen LogP contribution >= 0.6 is 0 Å². The molecule has 0 fully saturated rings. The molecule has 3 aromatic rings. The van der Waals surface area contributed by atoms with Crippen LogP contribution < -0.4 is 10.2 Å².